The van der Waals surface area contributed by atoms with Crippen molar-refractivity contribution in [3.8, 4) is 5.75 Å². The van der Waals surface area contributed by atoms with Crippen molar-refractivity contribution in [2.24, 2.45) is 5.92 Å². The second-order valence-electron chi connectivity index (χ2n) is 6.31. The van der Waals surface area contributed by atoms with Crippen LogP contribution in [0.25, 0.3) is 0 Å². The molecule has 0 unspecified atom stereocenters. The summed E-state index contributed by atoms with van der Waals surface area (Å²) in [5, 5.41) is 4.68. The van der Waals surface area contributed by atoms with Gasteiger partial charge >= 0.3 is 5.97 Å². The molecule has 1 fully saturated rings. The van der Waals surface area contributed by atoms with Crippen LogP contribution in [0.15, 0.2) is 29.6 Å². The summed E-state index contributed by atoms with van der Waals surface area (Å²) in [5.74, 6) is -0.248. The Morgan fingerprint density at radius 2 is 1.82 bits per heavy atom. The number of hydrogen-bond donors (Lipinski definition) is 1. The van der Waals surface area contributed by atoms with E-state index in [1.165, 1.54) is 18.4 Å². The van der Waals surface area contributed by atoms with Gasteiger partial charge in [-0.15, -0.1) is 11.3 Å². The monoisotopic (exact) mass is 403 g/mol. The van der Waals surface area contributed by atoms with E-state index in [0.717, 1.165) is 0 Å². The summed E-state index contributed by atoms with van der Waals surface area (Å²) in [5.41, 5.74) is 0.750. The Balaban J connectivity index is 1.58. The number of amides is 2. The van der Waals surface area contributed by atoms with Gasteiger partial charge in [-0.2, -0.15) is 0 Å². The summed E-state index contributed by atoms with van der Waals surface area (Å²) in [7, 11) is 2.93. The first-order chi connectivity index (χ1) is 13.5. The van der Waals surface area contributed by atoms with E-state index in [0.29, 0.717) is 42.4 Å². The highest BCUT2D eigenvalue weighted by atomic mass is 32.1. The van der Waals surface area contributed by atoms with Crippen molar-refractivity contribution in [2.45, 2.75) is 12.8 Å². The summed E-state index contributed by atoms with van der Waals surface area (Å²) in [6.45, 7) is 0.952. The molecule has 2 aromatic rings. The number of anilines is 1. The first-order valence-corrected chi connectivity index (χ1v) is 9.68. The van der Waals surface area contributed by atoms with Crippen molar-refractivity contribution in [3.05, 3.63) is 40.9 Å². The minimum Gasteiger partial charge on any atom is -0.497 e. The van der Waals surface area contributed by atoms with E-state index in [2.05, 4.69) is 10.3 Å². The van der Waals surface area contributed by atoms with Crippen LogP contribution in [-0.2, 0) is 9.53 Å². The van der Waals surface area contributed by atoms with Crippen molar-refractivity contribution in [2.75, 3.05) is 32.6 Å². The molecule has 1 saturated heterocycles. The lowest BCUT2D eigenvalue weighted by Gasteiger charge is -2.30. The number of nitrogens with one attached hydrogen (secondary N) is 1. The normalized spacial score (nSPS) is 14.4. The minimum atomic E-state index is -0.310. The van der Waals surface area contributed by atoms with E-state index < -0.39 is 0 Å². The molecule has 0 radical (unpaired) electrons. The number of esters is 1. The molecular formula is C19H21N3O5S. The van der Waals surface area contributed by atoms with Gasteiger partial charge in [0.2, 0.25) is 0 Å². The van der Waals surface area contributed by atoms with Gasteiger partial charge in [-0.05, 0) is 37.1 Å². The minimum absolute atomic E-state index is 0.163. The fourth-order valence-corrected chi connectivity index (χ4v) is 3.67. The van der Waals surface area contributed by atoms with E-state index in [1.54, 1.807) is 41.7 Å². The number of likely N-dealkylation sites (tertiary alicyclic amines) is 1. The van der Waals surface area contributed by atoms with Gasteiger partial charge in [-0.25, -0.2) is 4.98 Å². The number of nitrogens with zero attached hydrogens (tertiary/aromatic N) is 2. The third-order valence-electron chi connectivity index (χ3n) is 4.61. The van der Waals surface area contributed by atoms with E-state index >= 15 is 0 Å². The molecule has 0 spiro atoms. The van der Waals surface area contributed by atoms with Gasteiger partial charge in [0.05, 0.1) is 20.1 Å². The topological polar surface area (TPSA) is 97.8 Å². The van der Waals surface area contributed by atoms with Crippen LogP contribution in [0.1, 0.15) is 33.7 Å². The van der Waals surface area contributed by atoms with Gasteiger partial charge in [0.15, 0.2) is 5.13 Å². The average Bonchev–Trinajstić information content (AvgIpc) is 3.21. The van der Waals surface area contributed by atoms with Crippen molar-refractivity contribution in [1.82, 2.24) is 9.88 Å². The molecule has 148 valence electrons. The van der Waals surface area contributed by atoms with E-state index in [9.17, 15) is 14.4 Å². The molecule has 0 aliphatic carbocycles. The fraction of sp³-hybridized carbons (Fsp3) is 0.368. The second kappa shape index (κ2) is 8.83. The number of piperidine rings is 1. The van der Waals surface area contributed by atoms with E-state index in [4.69, 9.17) is 9.47 Å². The molecule has 1 aromatic carbocycles. The molecule has 3 rings (SSSR count). The molecule has 1 N–H and O–H groups in total. The number of ether oxygens (including phenoxy) is 2. The van der Waals surface area contributed by atoms with Gasteiger partial charge < -0.3 is 14.4 Å². The third kappa shape index (κ3) is 4.48. The highest BCUT2D eigenvalue weighted by Gasteiger charge is 2.29. The Hall–Kier alpha value is -2.94. The summed E-state index contributed by atoms with van der Waals surface area (Å²) < 4.78 is 9.83. The molecule has 2 heterocycles. The lowest BCUT2D eigenvalue weighted by molar-refractivity contribution is -0.146. The van der Waals surface area contributed by atoms with Crippen LogP contribution >= 0.6 is 11.3 Å². The third-order valence-corrected chi connectivity index (χ3v) is 5.37. The Bertz CT molecular complexity index is 857. The molecule has 1 aliphatic heterocycles. The van der Waals surface area contributed by atoms with Crippen LogP contribution in [0.5, 0.6) is 5.75 Å². The van der Waals surface area contributed by atoms with Gasteiger partial charge in [0, 0.05) is 24.0 Å². The molecule has 1 aliphatic rings. The van der Waals surface area contributed by atoms with Crippen molar-refractivity contribution < 1.29 is 23.9 Å². The molecule has 0 atom stereocenters. The number of aromatic nitrogens is 1. The smallest absolute Gasteiger partial charge is 0.308 e. The fourth-order valence-electron chi connectivity index (χ4n) is 2.99. The van der Waals surface area contributed by atoms with Crippen LogP contribution in [0.4, 0.5) is 5.13 Å². The zero-order valence-corrected chi connectivity index (χ0v) is 16.5. The molecule has 0 bridgehead atoms. The highest BCUT2D eigenvalue weighted by Crippen LogP contribution is 2.23. The predicted molar refractivity (Wildman–Crippen MR) is 104 cm³/mol. The number of carbonyl (C=O) groups excluding carboxylic acids is 3. The maximum Gasteiger partial charge on any atom is 0.308 e. The number of carbonyl (C=O) groups is 3. The lowest BCUT2D eigenvalue weighted by Crippen LogP contribution is -2.40. The van der Waals surface area contributed by atoms with Crippen LogP contribution in [0, 0.1) is 5.92 Å². The Morgan fingerprint density at radius 1 is 1.14 bits per heavy atom. The number of hydrogen-bond acceptors (Lipinski definition) is 7. The van der Waals surface area contributed by atoms with E-state index in [1.807, 2.05) is 0 Å². The first kappa shape index (κ1) is 19.8. The summed E-state index contributed by atoms with van der Waals surface area (Å²) in [4.78, 5) is 42.4. The zero-order chi connectivity index (χ0) is 20.1. The van der Waals surface area contributed by atoms with Gasteiger partial charge in [0.25, 0.3) is 11.8 Å². The van der Waals surface area contributed by atoms with Crippen molar-refractivity contribution in [1.29, 1.82) is 0 Å². The van der Waals surface area contributed by atoms with Crippen LogP contribution < -0.4 is 10.1 Å². The van der Waals surface area contributed by atoms with Crippen LogP contribution in [-0.4, -0.2) is 55.0 Å². The Morgan fingerprint density at radius 3 is 2.43 bits per heavy atom. The summed E-state index contributed by atoms with van der Waals surface area (Å²) in [6.07, 6.45) is 1.15. The van der Waals surface area contributed by atoms with Gasteiger partial charge in [-0.3, -0.25) is 19.7 Å². The van der Waals surface area contributed by atoms with Crippen molar-refractivity contribution >= 4 is 34.3 Å². The molecule has 8 nitrogen and oxygen atoms in total. The number of benzene rings is 1. The van der Waals surface area contributed by atoms with Gasteiger partial charge in [-0.1, -0.05) is 0 Å². The predicted octanol–water partition coefficient (Wildman–Crippen LogP) is 2.43. The molecular weight excluding hydrogens is 382 g/mol. The maximum absolute atomic E-state index is 12.6. The number of methoxy groups -OCH3 is 2. The second-order valence-corrected chi connectivity index (χ2v) is 7.17. The molecule has 0 saturated carbocycles. The number of thiazole rings is 1. The quantitative estimate of drug-likeness (QED) is 0.770. The Kier molecular flexibility index (Phi) is 6.25. The van der Waals surface area contributed by atoms with Crippen LogP contribution in [0.2, 0.25) is 0 Å². The molecule has 9 heteroatoms. The van der Waals surface area contributed by atoms with Gasteiger partial charge in [0.1, 0.15) is 11.4 Å². The Labute approximate surface area is 166 Å². The lowest BCUT2D eigenvalue weighted by atomic mass is 9.97. The molecule has 2 amide bonds. The maximum atomic E-state index is 12.6. The number of rotatable bonds is 5. The standard InChI is InChI=1S/C19H21N3O5S/c1-26-14-5-3-12(4-6-14)16(23)21-19-20-15(11-28-19)17(24)22-9-7-13(8-10-22)18(25)27-2/h3-6,11,13H,7-10H2,1-2H3,(H,20,21,23). The van der Waals surface area contributed by atoms with Crippen LogP contribution in [0.3, 0.4) is 0 Å². The van der Waals surface area contributed by atoms with Crippen molar-refractivity contribution in [3.63, 3.8) is 0 Å². The molecule has 28 heavy (non-hydrogen) atoms. The largest absolute Gasteiger partial charge is 0.497 e. The average molecular weight is 403 g/mol. The molecule has 1 aromatic heterocycles. The highest BCUT2D eigenvalue weighted by molar-refractivity contribution is 7.14. The summed E-state index contributed by atoms with van der Waals surface area (Å²) >= 11 is 1.19. The first-order valence-electron chi connectivity index (χ1n) is 8.80. The summed E-state index contributed by atoms with van der Waals surface area (Å²) in [6, 6.07) is 6.70. The SMILES string of the molecule is COC(=O)C1CCN(C(=O)c2csc(NC(=O)c3ccc(OC)cc3)n2)CC1. The zero-order valence-electron chi connectivity index (χ0n) is 15.6. The van der Waals surface area contributed by atoms with E-state index in [-0.39, 0.29) is 29.4 Å².